The molecule has 1 atom stereocenters. The first-order valence-corrected chi connectivity index (χ1v) is 12.4. The van der Waals surface area contributed by atoms with Crippen LogP contribution < -0.4 is 15.8 Å². The summed E-state index contributed by atoms with van der Waals surface area (Å²) in [5.74, 6) is 1.68. The molecule has 0 radical (unpaired) electrons. The Kier molecular flexibility index (Phi) is 8.37. The molecular weight excluding hydrogens is 444 g/mol. The van der Waals surface area contributed by atoms with Crippen molar-refractivity contribution in [1.82, 2.24) is 29.5 Å². The van der Waals surface area contributed by atoms with E-state index in [9.17, 15) is 5.11 Å². The van der Waals surface area contributed by atoms with Crippen molar-refractivity contribution in [2.75, 3.05) is 58.0 Å². The fourth-order valence-corrected chi connectivity index (χ4v) is 4.67. The second kappa shape index (κ2) is 11.7. The summed E-state index contributed by atoms with van der Waals surface area (Å²) in [5.41, 5.74) is 9.73. The van der Waals surface area contributed by atoms with Crippen molar-refractivity contribution in [3.63, 3.8) is 0 Å². The van der Waals surface area contributed by atoms with E-state index < -0.39 is 0 Å². The van der Waals surface area contributed by atoms with Crippen LogP contribution in [0.5, 0.6) is 5.75 Å². The number of methoxy groups -OCH3 is 1. The number of aliphatic hydroxyl groups is 1. The maximum absolute atomic E-state index is 9.48. The molecule has 1 aliphatic heterocycles. The van der Waals surface area contributed by atoms with Crippen LogP contribution in [0.1, 0.15) is 37.3 Å². The molecule has 0 unspecified atom stereocenters. The van der Waals surface area contributed by atoms with Crippen LogP contribution in [0.2, 0.25) is 0 Å². The molecule has 0 aliphatic carbocycles. The summed E-state index contributed by atoms with van der Waals surface area (Å²) in [4.78, 5) is 13.7. The lowest BCUT2D eigenvalue weighted by Gasteiger charge is -2.32. The number of benzene rings is 1. The van der Waals surface area contributed by atoms with E-state index >= 15 is 0 Å². The Morgan fingerprint density at radius 2 is 1.94 bits per heavy atom. The number of nitrogens with two attached hydrogens (primary N) is 1. The standard InChI is InChI=1S/C25H38N8O2/c1-4-5-20(8-13-34)28-24-23-21(29-25(26)30-24)15-27-33(23)17-19-7-6-18(14-22(19)35-3)16-32-11-9-31(2)10-12-32/h6-7,14-15,20,34H,4-5,8-13,16-17H2,1-3H3,(H3,26,28,29,30)/t20-/m0/s1. The number of hydrogen-bond donors (Lipinski definition) is 3. The van der Waals surface area contributed by atoms with Gasteiger partial charge in [0, 0.05) is 50.9 Å². The van der Waals surface area contributed by atoms with Crippen molar-refractivity contribution in [3.05, 3.63) is 35.5 Å². The van der Waals surface area contributed by atoms with Crippen molar-refractivity contribution in [2.45, 2.75) is 45.3 Å². The summed E-state index contributed by atoms with van der Waals surface area (Å²) >= 11 is 0. The van der Waals surface area contributed by atoms with Crippen molar-refractivity contribution in [1.29, 1.82) is 0 Å². The Morgan fingerprint density at radius 1 is 1.14 bits per heavy atom. The minimum atomic E-state index is 0.0919. The molecule has 0 saturated carbocycles. The molecule has 190 valence electrons. The van der Waals surface area contributed by atoms with Gasteiger partial charge in [-0.2, -0.15) is 10.1 Å². The maximum atomic E-state index is 9.48. The summed E-state index contributed by atoms with van der Waals surface area (Å²) < 4.78 is 7.65. The van der Waals surface area contributed by atoms with Gasteiger partial charge in [0.15, 0.2) is 5.82 Å². The number of piperazine rings is 1. The Balaban J connectivity index is 1.58. The second-order valence-corrected chi connectivity index (χ2v) is 9.33. The third-order valence-electron chi connectivity index (χ3n) is 6.64. The number of anilines is 2. The number of nitrogens with zero attached hydrogens (tertiary/aromatic N) is 6. The Hall–Kier alpha value is -2.95. The number of aliphatic hydroxyl groups excluding tert-OH is 1. The first kappa shape index (κ1) is 25.2. The van der Waals surface area contributed by atoms with Crippen LogP contribution in [0.15, 0.2) is 24.4 Å². The highest BCUT2D eigenvalue weighted by atomic mass is 16.5. The molecule has 1 aliphatic rings. The van der Waals surface area contributed by atoms with Crippen molar-refractivity contribution >= 4 is 22.8 Å². The van der Waals surface area contributed by atoms with Crippen LogP contribution in [0, 0.1) is 0 Å². The number of rotatable bonds is 11. The molecule has 10 nitrogen and oxygen atoms in total. The number of ether oxygens (including phenoxy) is 1. The highest BCUT2D eigenvalue weighted by Crippen LogP contribution is 2.27. The highest BCUT2D eigenvalue weighted by Gasteiger charge is 2.18. The molecule has 1 fully saturated rings. The average Bonchev–Trinajstić information content (AvgIpc) is 3.24. The summed E-state index contributed by atoms with van der Waals surface area (Å²) in [5, 5.41) is 17.5. The highest BCUT2D eigenvalue weighted by molar-refractivity contribution is 5.86. The number of likely N-dealkylation sites (N-methyl/N-ethyl adjacent to an activating group) is 1. The lowest BCUT2D eigenvalue weighted by molar-refractivity contribution is 0.148. The van der Waals surface area contributed by atoms with Gasteiger partial charge >= 0.3 is 0 Å². The fraction of sp³-hybridized carbons (Fsp3) is 0.560. The summed E-state index contributed by atoms with van der Waals surface area (Å²) in [6.07, 6.45) is 4.27. The van der Waals surface area contributed by atoms with E-state index in [1.165, 1.54) is 5.56 Å². The van der Waals surface area contributed by atoms with Crippen LogP contribution >= 0.6 is 0 Å². The van der Waals surface area contributed by atoms with Crippen molar-refractivity contribution in [3.8, 4) is 5.75 Å². The average molecular weight is 483 g/mol. The first-order chi connectivity index (χ1) is 17.0. The van der Waals surface area contributed by atoms with Gasteiger partial charge < -0.3 is 25.8 Å². The minimum Gasteiger partial charge on any atom is -0.496 e. The van der Waals surface area contributed by atoms with Crippen molar-refractivity contribution < 1.29 is 9.84 Å². The molecule has 1 saturated heterocycles. The van der Waals surface area contributed by atoms with Gasteiger partial charge in [0.1, 0.15) is 16.8 Å². The van der Waals surface area contributed by atoms with Gasteiger partial charge in [-0.3, -0.25) is 9.58 Å². The lowest BCUT2D eigenvalue weighted by atomic mass is 10.1. The normalized spacial score (nSPS) is 16.0. The molecule has 10 heteroatoms. The molecular formula is C25H38N8O2. The molecule has 3 heterocycles. The fourth-order valence-electron chi connectivity index (χ4n) is 4.67. The van der Waals surface area contributed by atoms with Gasteiger partial charge in [-0.05, 0) is 31.5 Å². The van der Waals surface area contributed by atoms with Gasteiger partial charge in [-0.25, -0.2) is 4.98 Å². The number of nitrogen functional groups attached to an aromatic ring is 1. The molecule has 3 aromatic rings. The lowest BCUT2D eigenvalue weighted by Crippen LogP contribution is -2.43. The summed E-state index contributed by atoms with van der Waals surface area (Å²) in [6.45, 7) is 8.02. The van der Waals surface area contributed by atoms with E-state index in [2.05, 4.69) is 62.4 Å². The van der Waals surface area contributed by atoms with E-state index in [-0.39, 0.29) is 18.6 Å². The Bertz CT molecular complexity index is 1100. The van der Waals surface area contributed by atoms with Gasteiger partial charge in [-0.1, -0.05) is 25.5 Å². The molecule has 0 bridgehead atoms. The second-order valence-electron chi connectivity index (χ2n) is 9.33. The van der Waals surface area contributed by atoms with Crippen LogP contribution in [-0.4, -0.2) is 87.6 Å². The zero-order valence-corrected chi connectivity index (χ0v) is 21.1. The maximum Gasteiger partial charge on any atom is 0.222 e. The molecule has 0 spiro atoms. The summed E-state index contributed by atoms with van der Waals surface area (Å²) in [6, 6.07) is 6.52. The van der Waals surface area contributed by atoms with Crippen LogP contribution in [0.25, 0.3) is 11.0 Å². The third kappa shape index (κ3) is 6.19. The molecule has 4 N–H and O–H groups in total. The Labute approximate surface area is 207 Å². The van der Waals surface area contributed by atoms with Crippen molar-refractivity contribution in [2.24, 2.45) is 0 Å². The number of aromatic nitrogens is 4. The van der Waals surface area contributed by atoms with Gasteiger partial charge in [0.05, 0.1) is 19.9 Å². The van der Waals surface area contributed by atoms with Crippen LogP contribution in [0.4, 0.5) is 11.8 Å². The van der Waals surface area contributed by atoms with E-state index in [1.54, 1.807) is 13.3 Å². The molecule has 0 amide bonds. The molecule has 4 rings (SSSR count). The van der Waals surface area contributed by atoms with E-state index in [4.69, 9.17) is 10.5 Å². The van der Waals surface area contributed by atoms with Gasteiger partial charge in [-0.15, -0.1) is 0 Å². The minimum absolute atomic E-state index is 0.0919. The van der Waals surface area contributed by atoms with E-state index in [1.807, 2.05) is 4.68 Å². The SMILES string of the molecule is CCC[C@@H](CCO)Nc1nc(N)nc2cnn(Cc3ccc(CN4CCN(C)CC4)cc3OC)c12. The van der Waals surface area contributed by atoms with Crippen LogP contribution in [0.3, 0.4) is 0 Å². The van der Waals surface area contributed by atoms with E-state index in [0.29, 0.717) is 24.3 Å². The summed E-state index contributed by atoms with van der Waals surface area (Å²) in [7, 11) is 3.88. The quantitative estimate of drug-likeness (QED) is 0.378. The smallest absolute Gasteiger partial charge is 0.222 e. The Morgan fingerprint density at radius 3 is 2.66 bits per heavy atom. The molecule has 1 aromatic carbocycles. The number of hydrogen-bond acceptors (Lipinski definition) is 9. The number of nitrogens with one attached hydrogen (secondary N) is 1. The zero-order valence-electron chi connectivity index (χ0n) is 21.1. The first-order valence-electron chi connectivity index (χ1n) is 12.4. The number of fused-ring (bicyclic) bond motifs is 1. The topological polar surface area (TPSA) is 118 Å². The molecule has 35 heavy (non-hydrogen) atoms. The largest absolute Gasteiger partial charge is 0.496 e. The monoisotopic (exact) mass is 482 g/mol. The molecule has 2 aromatic heterocycles. The van der Waals surface area contributed by atoms with Gasteiger partial charge in [0.2, 0.25) is 5.95 Å². The van der Waals surface area contributed by atoms with Gasteiger partial charge in [0.25, 0.3) is 0 Å². The van der Waals surface area contributed by atoms with E-state index in [0.717, 1.165) is 62.4 Å². The van der Waals surface area contributed by atoms with Crippen LogP contribution in [-0.2, 0) is 13.1 Å². The predicted molar refractivity (Wildman–Crippen MR) is 139 cm³/mol. The zero-order chi connectivity index (χ0) is 24.8. The predicted octanol–water partition coefficient (Wildman–Crippen LogP) is 2.18. The third-order valence-corrected chi connectivity index (χ3v) is 6.64.